The number of urea groups is 1. The van der Waals surface area contributed by atoms with Crippen LogP contribution in [-0.4, -0.2) is 83.9 Å². The number of carbonyl (C=O) groups is 1. The molecule has 26 heavy (non-hydrogen) atoms. The number of nitrogens with zero attached hydrogens (tertiary/aromatic N) is 5. The molecule has 7 nitrogen and oxygen atoms in total. The molecule has 0 bridgehead atoms. The topological polar surface area (TPSA) is 56.6 Å². The Labute approximate surface area is 157 Å². The van der Waals surface area contributed by atoms with Crippen molar-refractivity contribution in [3.63, 3.8) is 0 Å². The first-order valence-corrected chi connectivity index (χ1v) is 9.83. The molecule has 2 amide bonds. The van der Waals surface area contributed by atoms with Crippen LogP contribution in [0.25, 0.3) is 0 Å². The zero-order chi connectivity index (χ0) is 18.7. The summed E-state index contributed by atoms with van der Waals surface area (Å²) < 4.78 is 1.87. The van der Waals surface area contributed by atoms with Gasteiger partial charge < -0.3 is 15.1 Å². The van der Waals surface area contributed by atoms with Crippen LogP contribution in [0.3, 0.4) is 0 Å². The number of hydrogen-bond acceptors (Lipinski definition) is 4. The van der Waals surface area contributed by atoms with E-state index in [1.54, 1.807) is 0 Å². The number of aromatic nitrogens is 2. The van der Waals surface area contributed by atoms with E-state index >= 15 is 0 Å². The van der Waals surface area contributed by atoms with Gasteiger partial charge in [0.25, 0.3) is 0 Å². The lowest BCUT2D eigenvalue weighted by molar-refractivity contribution is 0.0984. The number of amides is 2. The molecule has 2 aliphatic rings. The van der Waals surface area contributed by atoms with E-state index in [0.717, 1.165) is 45.4 Å². The zero-order valence-corrected chi connectivity index (χ0v) is 16.7. The number of carbonyl (C=O) groups excluding carboxylic acids is 1. The second-order valence-corrected chi connectivity index (χ2v) is 8.18. The van der Waals surface area contributed by atoms with E-state index in [0.29, 0.717) is 18.0 Å². The number of aryl methyl sites for hydroxylation is 1. The van der Waals surface area contributed by atoms with Crippen molar-refractivity contribution in [3.8, 4) is 0 Å². The molecule has 0 saturated carbocycles. The smallest absolute Gasteiger partial charge is 0.317 e. The molecule has 0 aliphatic carbocycles. The maximum atomic E-state index is 12.7. The van der Waals surface area contributed by atoms with Crippen LogP contribution in [0.1, 0.15) is 37.3 Å². The van der Waals surface area contributed by atoms with Gasteiger partial charge in [-0.15, -0.1) is 0 Å². The number of rotatable bonds is 4. The predicted molar refractivity (Wildman–Crippen MR) is 103 cm³/mol. The summed E-state index contributed by atoms with van der Waals surface area (Å²) in [5.41, 5.74) is 1.25. The van der Waals surface area contributed by atoms with Crippen LogP contribution in [0.2, 0.25) is 0 Å². The first-order valence-electron chi connectivity index (χ1n) is 9.83. The Morgan fingerprint density at radius 2 is 1.96 bits per heavy atom. The Kier molecular flexibility index (Phi) is 6.19. The normalized spacial score (nSPS) is 26.0. The molecular weight excluding hydrogens is 328 g/mol. The van der Waals surface area contributed by atoms with Crippen molar-refractivity contribution in [1.29, 1.82) is 0 Å². The second kappa shape index (κ2) is 8.39. The lowest BCUT2D eigenvalue weighted by Crippen LogP contribution is -2.49. The van der Waals surface area contributed by atoms with Crippen molar-refractivity contribution < 1.29 is 4.79 Å². The molecule has 0 radical (unpaired) electrons. The molecule has 2 aliphatic heterocycles. The lowest BCUT2D eigenvalue weighted by Gasteiger charge is -2.40. The minimum atomic E-state index is 0.0673. The van der Waals surface area contributed by atoms with Crippen molar-refractivity contribution in [2.75, 3.05) is 47.3 Å². The molecule has 2 saturated heterocycles. The summed E-state index contributed by atoms with van der Waals surface area (Å²) in [6.45, 7) is 4.00. The van der Waals surface area contributed by atoms with Gasteiger partial charge in [0.15, 0.2) is 0 Å². The number of nitrogens with one attached hydrogen (secondary N) is 1. The van der Waals surface area contributed by atoms with Crippen molar-refractivity contribution in [3.05, 3.63) is 18.0 Å². The van der Waals surface area contributed by atoms with Gasteiger partial charge in [0.1, 0.15) is 0 Å². The SMILES string of the molecule is CN1CCC(NC(=O)N(C)C[C@@H]2CCCN(C)[C@H]2c2cnn(C)c2)CC1. The first kappa shape index (κ1) is 19.2. The standard InChI is InChI=1S/C19H34N6O/c1-22-10-7-17(8-11-22)21-19(26)24(3)13-15-6-5-9-23(2)18(15)16-12-20-25(4)14-16/h12,14-15,17-18H,5-11,13H2,1-4H3,(H,21,26)/t15-,18+/m0/s1. The monoisotopic (exact) mass is 362 g/mol. The van der Waals surface area contributed by atoms with Gasteiger partial charge in [0.05, 0.1) is 6.20 Å². The number of piperidine rings is 2. The van der Waals surface area contributed by atoms with E-state index < -0.39 is 0 Å². The highest BCUT2D eigenvalue weighted by Gasteiger charge is 2.33. The first-order chi connectivity index (χ1) is 12.4. The van der Waals surface area contributed by atoms with E-state index in [-0.39, 0.29) is 6.03 Å². The molecule has 0 aromatic carbocycles. The zero-order valence-electron chi connectivity index (χ0n) is 16.7. The van der Waals surface area contributed by atoms with Gasteiger partial charge in [-0.2, -0.15) is 5.10 Å². The Morgan fingerprint density at radius 3 is 2.62 bits per heavy atom. The Morgan fingerprint density at radius 1 is 1.23 bits per heavy atom. The highest BCUT2D eigenvalue weighted by molar-refractivity contribution is 5.74. The summed E-state index contributed by atoms with van der Waals surface area (Å²) in [6, 6.07) is 0.707. The van der Waals surface area contributed by atoms with Crippen molar-refractivity contribution in [2.24, 2.45) is 13.0 Å². The van der Waals surface area contributed by atoms with Gasteiger partial charge in [-0.25, -0.2) is 4.79 Å². The van der Waals surface area contributed by atoms with Crippen LogP contribution in [-0.2, 0) is 7.05 Å². The van der Waals surface area contributed by atoms with E-state index in [1.807, 2.05) is 29.9 Å². The molecule has 3 rings (SSSR count). The molecule has 1 aromatic rings. The van der Waals surface area contributed by atoms with Gasteiger partial charge in [-0.3, -0.25) is 9.58 Å². The minimum absolute atomic E-state index is 0.0673. The predicted octanol–water partition coefficient (Wildman–Crippen LogP) is 1.54. The summed E-state index contributed by atoms with van der Waals surface area (Å²) in [7, 11) is 8.21. The van der Waals surface area contributed by atoms with Crippen molar-refractivity contribution in [2.45, 2.75) is 37.8 Å². The summed E-state index contributed by atoms with van der Waals surface area (Å²) >= 11 is 0. The fraction of sp³-hybridized carbons (Fsp3) is 0.789. The van der Waals surface area contributed by atoms with Crippen LogP contribution >= 0.6 is 0 Å². The molecule has 146 valence electrons. The largest absolute Gasteiger partial charge is 0.335 e. The summed E-state index contributed by atoms with van der Waals surface area (Å²) in [4.78, 5) is 19.3. The van der Waals surface area contributed by atoms with Crippen LogP contribution in [0.4, 0.5) is 4.79 Å². The van der Waals surface area contributed by atoms with Crippen molar-refractivity contribution in [1.82, 2.24) is 29.8 Å². The van der Waals surface area contributed by atoms with Crippen LogP contribution in [0, 0.1) is 5.92 Å². The lowest BCUT2D eigenvalue weighted by atomic mass is 9.86. The minimum Gasteiger partial charge on any atom is -0.335 e. The van der Waals surface area contributed by atoms with E-state index in [9.17, 15) is 4.79 Å². The maximum Gasteiger partial charge on any atom is 0.317 e. The number of likely N-dealkylation sites (tertiary alicyclic amines) is 2. The van der Waals surface area contributed by atoms with Gasteiger partial charge in [0, 0.05) is 44.5 Å². The molecule has 2 fully saturated rings. The molecule has 2 atom stereocenters. The molecule has 7 heteroatoms. The van der Waals surface area contributed by atoms with E-state index in [4.69, 9.17) is 0 Å². The average Bonchev–Trinajstić information content (AvgIpc) is 3.03. The molecule has 0 spiro atoms. The van der Waals surface area contributed by atoms with Gasteiger partial charge in [0.2, 0.25) is 0 Å². The van der Waals surface area contributed by atoms with Crippen LogP contribution in [0.5, 0.6) is 0 Å². The highest BCUT2D eigenvalue weighted by Crippen LogP contribution is 2.35. The third-order valence-electron chi connectivity index (χ3n) is 5.97. The van der Waals surface area contributed by atoms with Gasteiger partial charge in [-0.1, -0.05) is 0 Å². The van der Waals surface area contributed by atoms with E-state index in [1.165, 1.54) is 12.0 Å². The molecule has 0 unspecified atom stereocenters. The molecule has 3 heterocycles. The Bertz CT molecular complexity index is 595. The summed E-state index contributed by atoms with van der Waals surface area (Å²) in [5, 5.41) is 7.58. The Hall–Kier alpha value is -1.60. The van der Waals surface area contributed by atoms with Gasteiger partial charge >= 0.3 is 6.03 Å². The maximum absolute atomic E-state index is 12.7. The highest BCUT2D eigenvalue weighted by atomic mass is 16.2. The molecular formula is C19H34N6O. The molecule has 1 N–H and O–H groups in total. The third kappa shape index (κ3) is 4.57. The summed E-state index contributed by atoms with van der Waals surface area (Å²) in [6.07, 6.45) is 8.50. The van der Waals surface area contributed by atoms with E-state index in [2.05, 4.69) is 40.5 Å². The second-order valence-electron chi connectivity index (χ2n) is 8.18. The van der Waals surface area contributed by atoms with Crippen LogP contribution < -0.4 is 5.32 Å². The number of hydrogen-bond donors (Lipinski definition) is 1. The third-order valence-corrected chi connectivity index (χ3v) is 5.97. The fourth-order valence-electron chi connectivity index (χ4n) is 4.44. The Balaban J connectivity index is 1.59. The van der Waals surface area contributed by atoms with Crippen LogP contribution in [0.15, 0.2) is 12.4 Å². The quantitative estimate of drug-likeness (QED) is 0.883. The van der Waals surface area contributed by atoms with Gasteiger partial charge in [-0.05, 0) is 65.3 Å². The molecule has 1 aromatic heterocycles. The fourth-order valence-corrected chi connectivity index (χ4v) is 4.44. The average molecular weight is 363 g/mol. The summed E-state index contributed by atoms with van der Waals surface area (Å²) in [5.74, 6) is 0.436. The van der Waals surface area contributed by atoms with Crippen molar-refractivity contribution >= 4 is 6.03 Å².